The first kappa shape index (κ1) is 24.8. The second-order valence-corrected chi connectivity index (χ2v) is 7.54. The highest BCUT2D eigenvalue weighted by atomic mass is 16.3. The summed E-state index contributed by atoms with van der Waals surface area (Å²) in [5.41, 5.74) is 0. The predicted molar refractivity (Wildman–Crippen MR) is 109 cm³/mol. The maximum absolute atomic E-state index is 10.2. The van der Waals surface area contributed by atoms with Gasteiger partial charge in [0.05, 0.1) is 12.2 Å². The van der Waals surface area contributed by atoms with Crippen molar-refractivity contribution in [3.8, 4) is 0 Å². The molecule has 0 aliphatic rings. The summed E-state index contributed by atoms with van der Waals surface area (Å²) in [5, 5.41) is 26.9. The van der Waals surface area contributed by atoms with Crippen LogP contribution in [0.3, 0.4) is 0 Å². The molecule has 0 aromatic carbocycles. The van der Waals surface area contributed by atoms with E-state index in [1.54, 1.807) is 0 Å². The number of aliphatic hydroxyl groups is 2. The first-order chi connectivity index (χ1) is 12.1. The molecule has 4 unspecified atom stereocenters. The smallest absolute Gasteiger partial charge is 0.0703 e. The fourth-order valence-electron chi connectivity index (χ4n) is 3.15. The lowest BCUT2D eigenvalue weighted by Gasteiger charge is -2.27. The van der Waals surface area contributed by atoms with Crippen molar-refractivity contribution >= 4 is 0 Å². The molecular formula is C21H46N2O2. The molecule has 25 heavy (non-hydrogen) atoms. The second-order valence-electron chi connectivity index (χ2n) is 7.54. The molecule has 0 aliphatic carbocycles. The van der Waals surface area contributed by atoms with Crippen molar-refractivity contribution in [2.75, 3.05) is 13.1 Å². The number of hydrogen-bond acceptors (Lipinski definition) is 4. The average molecular weight is 359 g/mol. The largest absolute Gasteiger partial charge is 0.392 e. The summed E-state index contributed by atoms with van der Waals surface area (Å²) in [6.07, 6.45) is 12.9. The molecule has 0 saturated heterocycles. The van der Waals surface area contributed by atoms with Gasteiger partial charge in [-0.05, 0) is 32.7 Å². The van der Waals surface area contributed by atoms with Crippen LogP contribution in [-0.2, 0) is 0 Å². The Labute approximate surface area is 157 Å². The molecule has 152 valence electrons. The molecule has 0 aromatic heterocycles. The fraction of sp³-hybridized carbons (Fsp3) is 1.00. The lowest BCUT2D eigenvalue weighted by atomic mass is 10.1. The Morgan fingerprint density at radius 3 is 1.72 bits per heavy atom. The number of nitrogens with one attached hydrogen (secondary N) is 2. The Morgan fingerprint density at radius 2 is 1.20 bits per heavy atom. The van der Waals surface area contributed by atoms with Crippen LogP contribution in [0.4, 0.5) is 0 Å². The Kier molecular flexibility index (Phi) is 17.2. The molecule has 0 aromatic rings. The van der Waals surface area contributed by atoms with Gasteiger partial charge in [-0.1, -0.05) is 72.1 Å². The number of unbranched alkanes of at least 4 members (excludes halogenated alkanes) is 8. The van der Waals surface area contributed by atoms with Gasteiger partial charge in [0.2, 0.25) is 0 Å². The van der Waals surface area contributed by atoms with Crippen molar-refractivity contribution in [3.05, 3.63) is 0 Å². The predicted octanol–water partition coefficient (Wildman–Crippen LogP) is 4.00. The van der Waals surface area contributed by atoms with Gasteiger partial charge in [0.1, 0.15) is 0 Å². The summed E-state index contributed by atoms with van der Waals surface area (Å²) in [6, 6.07) is 0.122. The number of aliphatic hydroxyl groups excluding tert-OH is 2. The van der Waals surface area contributed by atoms with E-state index >= 15 is 0 Å². The van der Waals surface area contributed by atoms with Gasteiger partial charge in [-0.15, -0.1) is 0 Å². The van der Waals surface area contributed by atoms with E-state index in [9.17, 15) is 10.2 Å². The Bertz CT molecular complexity index is 277. The molecule has 0 saturated carbocycles. The third-order valence-corrected chi connectivity index (χ3v) is 5.22. The van der Waals surface area contributed by atoms with Gasteiger partial charge in [-0.25, -0.2) is 0 Å². The van der Waals surface area contributed by atoms with Crippen LogP contribution in [-0.4, -0.2) is 47.6 Å². The SMILES string of the molecule is CCCCCCCCCCCNC(CNC(C)C(O)CC)C(O)CC. The lowest BCUT2D eigenvalue weighted by molar-refractivity contribution is 0.103. The highest BCUT2D eigenvalue weighted by Gasteiger charge is 2.19. The van der Waals surface area contributed by atoms with Crippen molar-refractivity contribution in [1.82, 2.24) is 10.6 Å². The van der Waals surface area contributed by atoms with E-state index in [-0.39, 0.29) is 24.3 Å². The van der Waals surface area contributed by atoms with Crippen LogP contribution < -0.4 is 10.6 Å². The second kappa shape index (κ2) is 17.3. The highest BCUT2D eigenvalue weighted by Crippen LogP contribution is 2.09. The van der Waals surface area contributed by atoms with Crippen LogP contribution in [0.25, 0.3) is 0 Å². The van der Waals surface area contributed by atoms with E-state index in [1.807, 2.05) is 20.8 Å². The molecule has 4 N–H and O–H groups in total. The lowest BCUT2D eigenvalue weighted by Crippen LogP contribution is -2.50. The van der Waals surface area contributed by atoms with Crippen LogP contribution in [0.2, 0.25) is 0 Å². The Hall–Kier alpha value is -0.160. The number of rotatable bonds is 18. The monoisotopic (exact) mass is 358 g/mol. The molecular weight excluding hydrogens is 312 g/mol. The van der Waals surface area contributed by atoms with Gasteiger partial charge < -0.3 is 20.8 Å². The van der Waals surface area contributed by atoms with E-state index in [2.05, 4.69) is 17.6 Å². The minimum absolute atomic E-state index is 0.0607. The third kappa shape index (κ3) is 13.7. The first-order valence-electron chi connectivity index (χ1n) is 10.9. The summed E-state index contributed by atoms with van der Waals surface area (Å²) in [6.45, 7) is 9.93. The molecule has 4 nitrogen and oxygen atoms in total. The summed E-state index contributed by atoms with van der Waals surface area (Å²) >= 11 is 0. The minimum Gasteiger partial charge on any atom is -0.392 e. The molecule has 4 heteroatoms. The minimum atomic E-state index is -0.336. The van der Waals surface area contributed by atoms with Crippen LogP contribution in [0.1, 0.15) is 98.3 Å². The van der Waals surface area contributed by atoms with Crippen molar-refractivity contribution in [3.63, 3.8) is 0 Å². The number of hydrogen-bond donors (Lipinski definition) is 4. The molecule has 0 heterocycles. The van der Waals surface area contributed by atoms with Crippen LogP contribution in [0.5, 0.6) is 0 Å². The topological polar surface area (TPSA) is 64.5 Å². The summed E-state index contributed by atoms with van der Waals surface area (Å²) in [4.78, 5) is 0. The molecule has 0 spiro atoms. The van der Waals surface area contributed by atoms with E-state index in [4.69, 9.17) is 0 Å². The zero-order valence-electron chi connectivity index (χ0n) is 17.4. The van der Waals surface area contributed by atoms with E-state index < -0.39 is 0 Å². The molecule has 0 aliphatic heterocycles. The average Bonchev–Trinajstić information content (AvgIpc) is 2.63. The first-order valence-corrected chi connectivity index (χ1v) is 10.9. The zero-order valence-corrected chi connectivity index (χ0v) is 17.4. The standard InChI is InChI=1S/C21H46N2O2/c1-5-8-9-10-11-12-13-14-15-16-22-19(21(25)7-3)17-23-18(4)20(24)6-2/h18-25H,5-17H2,1-4H3. The van der Waals surface area contributed by atoms with Crippen molar-refractivity contribution < 1.29 is 10.2 Å². The molecule has 4 atom stereocenters. The van der Waals surface area contributed by atoms with Gasteiger partial charge >= 0.3 is 0 Å². The van der Waals surface area contributed by atoms with E-state index in [0.29, 0.717) is 6.54 Å². The highest BCUT2D eigenvalue weighted by molar-refractivity contribution is 4.80. The van der Waals surface area contributed by atoms with Gasteiger partial charge in [0.15, 0.2) is 0 Å². The van der Waals surface area contributed by atoms with Gasteiger partial charge in [0, 0.05) is 18.6 Å². The van der Waals surface area contributed by atoms with Gasteiger partial charge in [-0.2, -0.15) is 0 Å². The molecule has 0 fully saturated rings. The van der Waals surface area contributed by atoms with E-state index in [0.717, 1.165) is 19.4 Å². The molecule has 0 rings (SSSR count). The van der Waals surface area contributed by atoms with Gasteiger partial charge in [0.25, 0.3) is 0 Å². The summed E-state index contributed by atoms with van der Waals surface area (Å²) in [7, 11) is 0. The van der Waals surface area contributed by atoms with Crippen molar-refractivity contribution in [1.29, 1.82) is 0 Å². The normalized spacial score (nSPS) is 16.6. The van der Waals surface area contributed by atoms with E-state index in [1.165, 1.54) is 57.8 Å². The Balaban J connectivity index is 3.79. The van der Waals surface area contributed by atoms with Crippen LogP contribution in [0, 0.1) is 0 Å². The third-order valence-electron chi connectivity index (χ3n) is 5.22. The van der Waals surface area contributed by atoms with Crippen LogP contribution >= 0.6 is 0 Å². The summed E-state index contributed by atoms with van der Waals surface area (Å²) < 4.78 is 0. The summed E-state index contributed by atoms with van der Waals surface area (Å²) in [5.74, 6) is 0. The fourth-order valence-corrected chi connectivity index (χ4v) is 3.15. The van der Waals surface area contributed by atoms with Crippen molar-refractivity contribution in [2.45, 2.75) is 123 Å². The maximum Gasteiger partial charge on any atom is 0.0703 e. The zero-order chi connectivity index (χ0) is 18.9. The molecule has 0 radical (unpaired) electrons. The van der Waals surface area contributed by atoms with Crippen molar-refractivity contribution in [2.24, 2.45) is 0 Å². The van der Waals surface area contributed by atoms with Crippen LogP contribution in [0.15, 0.2) is 0 Å². The van der Waals surface area contributed by atoms with Gasteiger partial charge in [-0.3, -0.25) is 0 Å². The Morgan fingerprint density at radius 1 is 0.680 bits per heavy atom. The molecule has 0 amide bonds. The maximum atomic E-state index is 10.2. The molecule has 0 bridgehead atoms. The quantitative estimate of drug-likeness (QED) is 0.280.